The molecule has 0 fully saturated rings. The van der Waals surface area contributed by atoms with Gasteiger partial charge in [-0.1, -0.05) is 42.5 Å². The molecule has 0 aliphatic carbocycles. The summed E-state index contributed by atoms with van der Waals surface area (Å²) in [5, 5.41) is 1.74. The largest absolute Gasteiger partial charge is 0.495 e. The lowest BCUT2D eigenvalue weighted by Gasteiger charge is -2.12. The molecule has 2 N–H and O–H groups in total. The van der Waals surface area contributed by atoms with Crippen LogP contribution in [0.25, 0.3) is 10.8 Å². The van der Waals surface area contributed by atoms with E-state index in [2.05, 4.69) is 9.44 Å². The molecule has 0 saturated carbocycles. The minimum Gasteiger partial charge on any atom is -0.495 e. The first-order valence-electron chi connectivity index (χ1n) is 9.56. The summed E-state index contributed by atoms with van der Waals surface area (Å²) in [4.78, 5) is 0.0998. The van der Waals surface area contributed by atoms with Crippen molar-refractivity contribution in [3.8, 4) is 5.75 Å². The second kappa shape index (κ2) is 8.52. The maximum atomic E-state index is 12.8. The van der Waals surface area contributed by atoms with Crippen LogP contribution in [0.1, 0.15) is 0 Å². The number of para-hydroxylation sites is 2. The molecule has 0 spiro atoms. The van der Waals surface area contributed by atoms with Crippen molar-refractivity contribution in [1.29, 1.82) is 0 Å². The summed E-state index contributed by atoms with van der Waals surface area (Å²) < 4.78 is 61.1. The minimum absolute atomic E-state index is 0.0166. The van der Waals surface area contributed by atoms with Crippen molar-refractivity contribution >= 4 is 42.2 Å². The number of fused-ring (bicyclic) bond motifs is 1. The zero-order valence-corrected chi connectivity index (χ0v) is 18.7. The summed E-state index contributed by atoms with van der Waals surface area (Å²) in [5.41, 5.74) is 0.547. The van der Waals surface area contributed by atoms with Gasteiger partial charge in [-0.15, -0.1) is 0 Å². The predicted octanol–water partition coefficient (Wildman–Crippen LogP) is 4.45. The normalized spacial score (nSPS) is 11.8. The summed E-state index contributed by atoms with van der Waals surface area (Å²) in [7, 11) is -6.28. The second-order valence-corrected chi connectivity index (χ2v) is 10.3. The van der Waals surface area contributed by atoms with E-state index < -0.39 is 20.0 Å². The van der Waals surface area contributed by atoms with Crippen molar-refractivity contribution in [2.24, 2.45) is 0 Å². The quantitative estimate of drug-likeness (QED) is 0.417. The maximum Gasteiger partial charge on any atom is 0.262 e. The highest BCUT2D eigenvalue weighted by Gasteiger charge is 2.18. The van der Waals surface area contributed by atoms with E-state index in [9.17, 15) is 16.8 Å². The summed E-state index contributed by atoms with van der Waals surface area (Å²) in [6.45, 7) is 0. The van der Waals surface area contributed by atoms with Gasteiger partial charge in [0, 0.05) is 5.69 Å². The molecule has 0 atom stereocenters. The van der Waals surface area contributed by atoms with Gasteiger partial charge in [0.2, 0.25) is 0 Å². The number of nitrogens with one attached hydrogen (secondary N) is 2. The molecule has 0 unspecified atom stereocenters. The van der Waals surface area contributed by atoms with Gasteiger partial charge >= 0.3 is 0 Å². The molecule has 164 valence electrons. The van der Waals surface area contributed by atoms with E-state index in [0.717, 1.165) is 10.8 Å². The fourth-order valence-corrected chi connectivity index (χ4v) is 5.35. The summed E-state index contributed by atoms with van der Waals surface area (Å²) in [6, 6.07) is 24.4. The van der Waals surface area contributed by atoms with Crippen LogP contribution < -0.4 is 14.2 Å². The van der Waals surface area contributed by atoms with Crippen molar-refractivity contribution in [3.05, 3.63) is 91.0 Å². The van der Waals surface area contributed by atoms with Gasteiger partial charge in [0.1, 0.15) is 5.75 Å². The monoisotopic (exact) mass is 468 g/mol. The van der Waals surface area contributed by atoms with Crippen LogP contribution in [-0.4, -0.2) is 23.9 Å². The zero-order chi connectivity index (χ0) is 22.8. The van der Waals surface area contributed by atoms with E-state index in [1.165, 1.54) is 37.4 Å². The molecular formula is C23H20N2O5S2. The topological polar surface area (TPSA) is 102 Å². The zero-order valence-electron chi connectivity index (χ0n) is 17.0. The first-order chi connectivity index (χ1) is 15.3. The predicted molar refractivity (Wildman–Crippen MR) is 125 cm³/mol. The van der Waals surface area contributed by atoms with E-state index in [1.807, 2.05) is 24.3 Å². The Hall–Kier alpha value is -3.56. The third-order valence-corrected chi connectivity index (χ3v) is 7.56. The van der Waals surface area contributed by atoms with Crippen molar-refractivity contribution in [2.45, 2.75) is 9.79 Å². The lowest BCUT2D eigenvalue weighted by atomic mass is 10.1. The van der Waals surface area contributed by atoms with Crippen LogP contribution in [0.4, 0.5) is 11.4 Å². The number of hydrogen-bond donors (Lipinski definition) is 2. The van der Waals surface area contributed by atoms with Crippen molar-refractivity contribution in [2.75, 3.05) is 16.6 Å². The number of sulfonamides is 2. The number of benzene rings is 4. The lowest BCUT2D eigenvalue weighted by Crippen LogP contribution is -2.15. The minimum atomic E-state index is -3.89. The number of ether oxygens (including phenoxy) is 1. The Kier molecular flexibility index (Phi) is 5.77. The Bertz CT molecular complexity index is 1480. The molecule has 32 heavy (non-hydrogen) atoms. The molecule has 0 aliphatic heterocycles. The number of hydrogen-bond acceptors (Lipinski definition) is 5. The molecule has 0 heterocycles. The van der Waals surface area contributed by atoms with Crippen LogP contribution in [0.2, 0.25) is 0 Å². The summed E-state index contributed by atoms with van der Waals surface area (Å²) in [5.74, 6) is 0.385. The average molecular weight is 469 g/mol. The number of rotatable bonds is 7. The van der Waals surface area contributed by atoms with Gasteiger partial charge < -0.3 is 4.74 Å². The Balaban J connectivity index is 1.55. The SMILES string of the molecule is COc1ccccc1NS(=O)(=O)c1ccc(NS(=O)(=O)c2ccc3ccccc3c2)cc1. The van der Waals surface area contributed by atoms with Crippen LogP contribution in [0, 0.1) is 0 Å². The van der Waals surface area contributed by atoms with Gasteiger partial charge in [0.15, 0.2) is 0 Å². The molecule has 0 bridgehead atoms. The molecule has 7 nitrogen and oxygen atoms in total. The Morgan fingerprint density at radius 2 is 1.22 bits per heavy atom. The van der Waals surface area contributed by atoms with Crippen molar-refractivity contribution < 1.29 is 21.6 Å². The second-order valence-electron chi connectivity index (χ2n) is 6.94. The molecule has 4 rings (SSSR count). The summed E-state index contributed by atoms with van der Waals surface area (Å²) in [6.07, 6.45) is 0. The average Bonchev–Trinajstić information content (AvgIpc) is 2.79. The molecule has 0 radical (unpaired) electrons. The number of anilines is 2. The third kappa shape index (κ3) is 4.53. The first kappa shape index (κ1) is 21.7. The lowest BCUT2D eigenvalue weighted by molar-refractivity contribution is 0.417. The van der Waals surface area contributed by atoms with Gasteiger partial charge in [0.25, 0.3) is 20.0 Å². The molecule has 4 aromatic rings. The highest BCUT2D eigenvalue weighted by atomic mass is 32.2. The fraction of sp³-hybridized carbons (Fsp3) is 0.0435. The highest BCUT2D eigenvalue weighted by Crippen LogP contribution is 2.27. The Morgan fingerprint density at radius 3 is 1.94 bits per heavy atom. The molecule has 0 amide bonds. The molecule has 0 aromatic heterocycles. The van der Waals surface area contributed by atoms with Gasteiger partial charge in [-0.05, 0) is 59.3 Å². The van der Waals surface area contributed by atoms with Gasteiger partial charge in [-0.2, -0.15) is 0 Å². The third-order valence-electron chi connectivity index (χ3n) is 4.80. The highest BCUT2D eigenvalue weighted by molar-refractivity contribution is 7.93. The smallest absolute Gasteiger partial charge is 0.262 e. The van der Waals surface area contributed by atoms with Crippen molar-refractivity contribution in [1.82, 2.24) is 0 Å². The van der Waals surface area contributed by atoms with E-state index in [1.54, 1.807) is 36.4 Å². The first-order valence-corrected chi connectivity index (χ1v) is 12.5. The van der Waals surface area contributed by atoms with E-state index in [4.69, 9.17) is 4.74 Å². The van der Waals surface area contributed by atoms with Crippen LogP contribution in [0.3, 0.4) is 0 Å². The van der Waals surface area contributed by atoms with Gasteiger partial charge in [-0.25, -0.2) is 16.8 Å². The van der Waals surface area contributed by atoms with Gasteiger partial charge in [-0.3, -0.25) is 9.44 Å². The van der Waals surface area contributed by atoms with Gasteiger partial charge in [0.05, 0.1) is 22.6 Å². The van der Waals surface area contributed by atoms with E-state index in [-0.39, 0.29) is 15.5 Å². The molecule has 0 aliphatic rings. The fourth-order valence-electron chi connectivity index (χ4n) is 3.18. The number of methoxy groups -OCH3 is 1. The van der Waals surface area contributed by atoms with Crippen LogP contribution in [0.5, 0.6) is 5.75 Å². The molecular weight excluding hydrogens is 448 g/mol. The van der Waals surface area contributed by atoms with Crippen LogP contribution in [-0.2, 0) is 20.0 Å². The van der Waals surface area contributed by atoms with E-state index in [0.29, 0.717) is 11.4 Å². The Labute approximate surface area is 186 Å². The van der Waals surface area contributed by atoms with Crippen molar-refractivity contribution in [3.63, 3.8) is 0 Å². The van der Waals surface area contributed by atoms with E-state index >= 15 is 0 Å². The van der Waals surface area contributed by atoms with Crippen LogP contribution >= 0.6 is 0 Å². The standard InChI is InChI=1S/C23H20N2O5S2/c1-30-23-9-5-4-8-22(23)25-31(26,27)20-14-11-19(12-15-20)24-32(28,29)21-13-10-17-6-2-3-7-18(17)16-21/h2-16,24-25H,1H3. The van der Waals surface area contributed by atoms with Crippen LogP contribution in [0.15, 0.2) is 101 Å². The maximum absolute atomic E-state index is 12.8. The molecule has 4 aromatic carbocycles. The molecule has 9 heteroatoms. The Morgan fingerprint density at radius 1 is 0.625 bits per heavy atom. The summed E-state index contributed by atoms with van der Waals surface area (Å²) >= 11 is 0. The molecule has 0 saturated heterocycles.